The van der Waals surface area contributed by atoms with Crippen LogP contribution in [0, 0.1) is 13.8 Å². The monoisotopic (exact) mass is 422 g/mol. The number of carbonyl (C=O) groups is 1. The summed E-state index contributed by atoms with van der Waals surface area (Å²) in [5.74, 6) is -0.272. The number of carbonyl (C=O) groups excluding carboxylic acids is 1. The highest BCUT2D eigenvalue weighted by molar-refractivity contribution is 7.92. The zero-order chi connectivity index (χ0) is 21.9. The number of hydrogen-bond donors (Lipinski definition) is 1. The predicted molar refractivity (Wildman–Crippen MR) is 122 cm³/mol. The second-order valence-electron chi connectivity index (χ2n) is 7.20. The summed E-state index contributed by atoms with van der Waals surface area (Å²) in [5.41, 5.74) is 4.47. The van der Waals surface area contributed by atoms with Crippen molar-refractivity contribution in [2.75, 3.05) is 16.7 Å². The Morgan fingerprint density at radius 3 is 2.30 bits per heavy atom. The molecule has 0 aliphatic rings. The highest BCUT2D eigenvalue weighted by Gasteiger charge is 2.23. The van der Waals surface area contributed by atoms with E-state index in [1.54, 1.807) is 48.5 Å². The molecule has 0 aromatic heterocycles. The minimum absolute atomic E-state index is 0.203. The predicted octanol–water partition coefficient (Wildman–Crippen LogP) is 4.94. The molecular weight excluding hydrogens is 396 g/mol. The van der Waals surface area contributed by atoms with Crippen molar-refractivity contribution >= 4 is 27.3 Å². The maximum atomic E-state index is 13.0. The summed E-state index contributed by atoms with van der Waals surface area (Å²) in [6.45, 7) is 5.82. The van der Waals surface area contributed by atoms with Crippen LogP contribution in [0.25, 0.3) is 0 Å². The number of para-hydroxylation sites is 1. The minimum atomic E-state index is -3.73. The number of nitrogens with zero attached hydrogens (tertiary/aromatic N) is 1. The fourth-order valence-corrected chi connectivity index (χ4v) is 4.63. The molecular formula is C24H26N2O3S. The number of aryl methyl sites for hydroxylation is 3. The summed E-state index contributed by atoms with van der Waals surface area (Å²) < 4.78 is 27.2. The Kier molecular flexibility index (Phi) is 6.27. The molecule has 1 amide bonds. The van der Waals surface area contributed by atoms with Gasteiger partial charge in [-0.1, -0.05) is 49.4 Å². The maximum Gasteiger partial charge on any atom is 0.264 e. The van der Waals surface area contributed by atoms with E-state index in [1.807, 2.05) is 39.0 Å². The molecule has 0 unspecified atom stereocenters. The molecule has 0 saturated carbocycles. The molecule has 0 atom stereocenters. The van der Waals surface area contributed by atoms with E-state index in [0.717, 1.165) is 28.8 Å². The Hall–Kier alpha value is -3.12. The molecule has 0 saturated heterocycles. The Morgan fingerprint density at radius 1 is 0.933 bits per heavy atom. The number of sulfonamides is 1. The molecule has 0 bridgehead atoms. The van der Waals surface area contributed by atoms with Gasteiger partial charge in [-0.3, -0.25) is 9.10 Å². The van der Waals surface area contributed by atoms with Crippen LogP contribution in [0.3, 0.4) is 0 Å². The molecule has 6 heteroatoms. The van der Waals surface area contributed by atoms with Crippen molar-refractivity contribution in [1.29, 1.82) is 0 Å². The van der Waals surface area contributed by atoms with Crippen LogP contribution in [-0.4, -0.2) is 21.4 Å². The summed E-state index contributed by atoms with van der Waals surface area (Å²) in [5, 5.41) is 3.00. The molecule has 30 heavy (non-hydrogen) atoms. The van der Waals surface area contributed by atoms with Crippen LogP contribution < -0.4 is 9.62 Å². The van der Waals surface area contributed by atoms with E-state index < -0.39 is 10.0 Å². The van der Waals surface area contributed by atoms with Gasteiger partial charge in [0.15, 0.2) is 0 Å². The molecule has 3 rings (SSSR count). The second kappa shape index (κ2) is 8.71. The van der Waals surface area contributed by atoms with E-state index in [-0.39, 0.29) is 10.8 Å². The van der Waals surface area contributed by atoms with Crippen molar-refractivity contribution < 1.29 is 13.2 Å². The highest BCUT2D eigenvalue weighted by Crippen LogP contribution is 2.28. The summed E-state index contributed by atoms with van der Waals surface area (Å²) in [6, 6.07) is 19.3. The second-order valence-corrected chi connectivity index (χ2v) is 9.17. The summed E-state index contributed by atoms with van der Waals surface area (Å²) >= 11 is 0. The van der Waals surface area contributed by atoms with Gasteiger partial charge in [-0.25, -0.2) is 8.42 Å². The topological polar surface area (TPSA) is 66.5 Å². The standard InChI is InChI=1S/C24H26N2O3S/c1-5-19-11-9-10-18(3)23(19)25-24(27)20-15-14-17(2)22(16-20)26(4)30(28,29)21-12-7-6-8-13-21/h6-16H,5H2,1-4H3,(H,25,27). The number of nitrogens with one attached hydrogen (secondary N) is 1. The minimum Gasteiger partial charge on any atom is -0.321 e. The number of amides is 1. The van der Waals surface area contributed by atoms with E-state index in [0.29, 0.717) is 11.3 Å². The third-order valence-corrected chi connectivity index (χ3v) is 6.98. The van der Waals surface area contributed by atoms with Gasteiger partial charge in [-0.15, -0.1) is 0 Å². The lowest BCUT2D eigenvalue weighted by Gasteiger charge is -2.22. The number of rotatable bonds is 6. The average molecular weight is 423 g/mol. The zero-order valence-electron chi connectivity index (χ0n) is 17.6. The molecule has 156 valence electrons. The van der Waals surface area contributed by atoms with Crippen molar-refractivity contribution in [3.63, 3.8) is 0 Å². The van der Waals surface area contributed by atoms with Gasteiger partial charge < -0.3 is 5.32 Å². The third-order valence-electron chi connectivity index (χ3n) is 5.19. The first-order valence-electron chi connectivity index (χ1n) is 9.80. The van der Waals surface area contributed by atoms with Crippen molar-refractivity contribution in [2.24, 2.45) is 0 Å². The van der Waals surface area contributed by atoms with Gasteiger partial charge in [-0.2, -0.15) is 0 Å². The number of benzene rings is 3. The van der Waals surface area contributed by atoms with Gasteiger partial charge in [0.25, 0.3) is 15.9 Å². The van der Waals surface area contributed by atoms with Crippen LogP contribution in [0.4, 0.5) is 11.4 Å². The summed E-state index contributed by atoms with van der Waals surface area (Å²) in [6.07, 6.45) is 0.800. The fraction of sp³-hybridized carbons (Fsp3) is 0.208. The normalized spacial score (nSPS) is 11.2. The fourth-order valence-electron chi connectivity index (χ4n) is 3.36. The lowest BCUT2D eigenvalue weighted by Crippen LogP contribution is -2.27. The zero-order valence-corrected chi connectivity index (χ0v) is 18.5. The van der Waals surface area contributed by atoms with Crippen molar-refractivity contribution in [3.05, 3.63) is 89.0 Å². The maximum absolute atomic E-state index is 13.0. The summed E-state index contributed by atoms with van der Waals surface area (Å²) in [4.78, 5) is 13.2. The van der Waals surface area contributed by atoms with E-state index in [1.165, 1.54) is 11.4 Å². The van der Waals surface area contributed by atoms with Crippen molar-refractivity contribution in [3.8, 4) is 0 Å². The molecule has 0 aliphatic carbocycles. The molecule has 1 N–H and O–H groups in total. The first-order chi connectivity index (χ1) is 14.3. The summed E-state index contributed by atoms with van der Waals surface area (Å²) in [7, 11) is -2.23. The van der Waals surface area contributed by atoms with Gasteiger partial charge in [0.2, 0.25) is 0 Å². The van der Waals surface area contributed by atoms with E-state index in [4.69, 9.17) is 0 Å². The van der Waals surface area contributed by atoms with E-state index in [9.17, 15) is 13.2 Å². The molecule has 0 aliphatic heterocycles. The lowest BCUT2D eigenvalue weighted by molar-refractivity contribution is 0.102. The van der Waals surface area contributed by atoms with Crippen molar-refractivity contribution in [2.45, 2.75) is 32.1 Å². The Balaban J connectivity index is 1.95. The first-order valence-corrected chi connectivity index (χ1v) is 11.2. The highest BCUT2D eigenvalue weighted by atomic mass is 32.2. The lowest BCUT2D eigenvalue weighted by atomic mass is 10.0. The smallest absolute Gasteiger partial charge is 0.264 e. The SMILES string of the molecule is CCc1cccc(C)c1NC(=O)c1ccc(C)c(N(C)S(=O)(=O)c2ccccc2)c1. The molecule has 3 aromatic rings. The molecule has 3 aromatic carbocycles. The van der Waals surface area contributed by atoms with Gasteiger partial charge in [-0.05, 0) is 61.2 Å². The van der Waals surface area contributed by atoms with Crippen LogP contribution in [0.1, 0.15) is 34.0 Å². The average Bonchev–Trinajstić information content (AvgIpc) is 2.75. The van der Waals surface area contributed by atoms with Gasteiger partial charge in [0.05, 0.1) is 10.6 Å². The van der Waals surface area contributed by atoms with Crippen molar-refractivity contribution in [1.82, 2.24) is 0 Å². The largest absolute Gasteiger partial charge is 0.321 e. The van der Waals surface area contributed by atoms with Crippen LogP contribution in [0.2, 0.25) is 0 Å². The molecule has 0 radical (unpaired) electrons. The van der Waals surface area contributed by atoms with Gasteiger partial charge >= 0.3 is 0 Å². The third kappa shape index (κ3) is 4.24. The van der Waals surface area contributed by atoms with Crippen LogP contribution in [-0.2, 0) is 16.4 Å². The number of anilines is 2. The first kappa shape index (κ1) is 21.6. The molecule has 0 heterocycles. The van der Waals surface area contributed by atoms with Gasteiger partial charge in [0, 0.05) is 18.3 Å². The Bertz CT molecular complexity index is 1170. The number of hydrogen-bond acceptors (Lipinski definition) is 3. The molecule has 0 spiro atoms. The molecule has 5 nitrogen and oxygen atoms in total. The van der Waals surface area contributed by atoms with Gasteiger partial charge in [0.1, 0.15) is 0 Å². The molecule has 0 fully saturated rings. The van der Waals surface area contributed by atoms with Crippen LogP contribution in [0.15, 0.2) is 71.6 Å². The van der Waals surface area contributed by atoms with E-state index >= 15 is 0 Å². The van der Waals surface area contributed by atoms with Crippen LogP contribution >= 0.6 is 0 Å². The van der Waals surface area contributed by atoms with Crippen LogP contribution in [0.5, 0.6) is 0 Å². The Labute approximate surface area is 178 Å². The van der Waals surface area contributed by atoms with E-state index in [2.05, 4.69) is 5.32 Å². The quantitative estimate of drug-likeness (QED) is 0.612. The Morgan fingerprint density at radius 2 is 1.63 bits per heavy atom.